The van der Waals surface area contributed by atoms with Crippen LogP contribution in [0, 0.1) is 0 Å². The van der Waals surface area contributed by atoms with Crippen molar-refractivity contribution in [2.45, 2.75) is 290 Å². The third-order valence-corrected chi connectivity index (χ3v) is 14.1. The van der Waals surface area contributed by atoms with Crippen molar-refractivity contribution in [2.75, 3.05) is 47.5 Å². The van der Waals surface area contributed by atoms with Gasteiger partial charge in [0, 0.05) is 12.8 Å². The van der Waals surface area contributed by atoms with E-state index in [1.807, 2.05) is 21.1 Å². The molecule has 0 saturated carbocycles. The van der Waals surface area contributed by atoms with E-state index in [9.17, 15) is 19.0 Å². The van der Waals surface area contributed by atoms with Crippen LogP contribution in [0.3, 0.4) is 0 Å². The van der Waals surface area contributed by atoms with Crippen LogP contribution in [0.15, 0.2) is 36.5 Å². The summed E-state index contributed by atoms with van der Waals surface area (Å²) in [6.45, 7) is 4.14. The largest absolute Gasteiger partial charge is 0.756 e. The average molecular weight is 1010 g/mol. The van der Waals surface area contributed by atoms with Crippen LogP contribution >= 0.6 is 7.82 Å². The lowest BCUT2D eigenvalue weighted by Gasteiger charge is -2.28. The monoisotopic (exact) mass is 1010 g/mol. The number of phosphoric acid groups is 1. The Balaban J connectivity index is 3.99. The van der Waals surface area contributed by atoms with Crippen molar-refractivity contribution in [2.24, 2.45) is 0 Å². The summed E-state index contributed by atoms with van der Waals surface area (Å²) in [5.74, 6) is -0.842. The van der Waals surface area contributed by atoms with Crippen LogP contribution in [0.5, 0.6) is 0 Å². The third kappa shape index (κ3) is 55.5. The van der Waals surface area contributed by atoms with Gasteiger partial charge in [-0.3, -0.25) is 14.2 Å². The maximum Gasteiger partial charge on any atom is 0.306 e. The van der Waals surface area contributed by atoms with Gasteiger partial charge in [0.1, 0.15) is 19.8 Å². The van der Waals surface area contributed by atoms with Crippen molar-refractivity contribution >= 4 is 19.8 Å². The number of esters is 2. The van der Waals surface area contributed by atoms with Crippen molar-refractivity contribution in [3.8, 4) is 0 Å². The van der Waals surface area contributed by atoms with E-state index in [4.69, 9.17) is 18.5 Å². The van der Waals surface area contributed by atoms with E-state index < -0.39 is 26.5 Å². The molecule has 0 heterocycles. The number of phosphoric ester groups is 1. The second-order valence-electron chi connectivity index (χ2n) is 21.3. The molecular weight excluding hydrogens is 894 g/mol. The first kappa shape index (κ1) is 68.2. The third-order valence-electron chi connectivity index (χ3n) is 13.2. The van der Waals surface area contributed by atoms with Gasteiger partial charge in [-0.25, -0.2) is 0 Å². The van der Waals surface area contributed by atoms with E-state index in [2.05, 4.69) is 50.3 Å². The van der Waals surface area contributed by atoms with Gasteiger partial charge in [0.15, 0.2) is 6.10 Å². The summed E-state index contributed by atoms with van der Waals surface area (Å²) in [6.07, 6.45) is 63.6. The van der Waals surface area contributed by atoms with E-state index in [1.54, 1.807) is 0 Å². The molecular formula is C60H114NO8P. The van der Waals surface area contributed by atoms with E-state index >= 15 is 0 Å². The summed E-state index contributed by atoms with van der Waals surface area (Å²) < 4.78 is 34.1. The predicted molar refractivity (Wildman–Crippen MR) is 296 cm³/mol. The number of nitrogens with zero attached hydrogens (tertiary/aromatic N) is 1. The maximum absolute atomic E-state index is 12.7. The molecule has 9 nitrogen and oxygen atoms in total. The molecule has 0 amide bonds. The smallest absolute Gasteiger partial charge is 0.306 e. The van der Waals surface area contributed by atoms with Gasteiger partial charge in [-0.15, -0.1) is 0 Å². The van der Waals surface area contributed by atoms with E-state index in [1.165, 1.54) is 180 Å². The first-order valence-corrected chi connectivity index (χ1v) is 31.2. The number of carbonyl (C=O) groups is 2. The summed E-state index contributed by atoms with van der Waals surface area (Å²) in [6, 6.07) is 0. The number of unbranched alkanes of at least 4 members (excludes halogenated alkanes) is 35. The zero-order chi connectivity index (χ0) is 51.3. The molecule has 0 aromatic rings. The van der Waals surface area contributed by atoms with Crippen LogP contribution in [-0.2, 0) is 32.7 Å². The SMILES string of the molecule is CC/C=C\C/C=C\C/C=C\CCCCCCCC(=O)OC(COC(=O)CCCCCCCCCCCCCCCCCCCCCCCCCCCCCCCCC)COP(=O)([O-])OCC[N+](C)(C)C. The maximum atomic E-state index is 12.7. The first-order chi connectivity index (χ1) is 34.0. The number of hydrogen-bond donors (Lipinski definition) is 0. The lowest BCUT2D eigenvalue weighted by Crippen LogP contribution is -2.37. The Kier molecular flexibility index (Phi) is 50.8. The molecule has 0 bridgehead atoms. The minimum atomic E-state index is -4.64. The standard InChI is InChI=1S/C60H114NO8P/c1-6-8-10-12-14-16-18-20-22-23-24-25-26-27-28-29-30-31-32-33-34-35-36-37-39-40-42-44-46-48-50-52-59(62)66-56-58(57-68-70(64,65)67-55-54-61(3,4)5)69-60(63)53-51-49-47-45-43-41-38-21-19-17-15-13-11-9-7-2/h9,11,15,17,21,38,58H,6-8,10,12-14,16,18-20,22-37,39-57H2,1-5H3/b11-9-,17-15-,38-21-. The molecule has 0 spiro atoms. The zero-order valence-electron chi connectivity index (χ0n) is 46.7. The van der Waals surface area contributed by atoms with Gasteiger partial charge in [0.25, 0.3) is 7.82 Å². The predicted octanol–water partition coefficient (Wildman–Crippen LogP) is 17.7. The molecule has 0 rings (SSSR count). The molecule has 70 heavy (non-hydrogen) atoms. The number of ether oxygens (including phenoxy) is 2. The summed E-state index contributed by atoms with van der Waals surface area (Å²) in [7, 11) is 1.16. The first-order valence-electron chi connectivity index (χ1n) is 29.7. The molecule has 0 radical (unpaired) electrons. The Morgan fingerprint density at radius 3 is 1.21 bits per heavy atom. The molecule has 0 aliphatic heterocycles. The molecule has 10 heteroatoms. The number of allylic oxidation sites excluding steroid dienone is 6. The van der Waals surface area contributed by atoms with Gasteiger partial charge in [-0.1, -0.05) is 262 Å². The quantitative estimate of drug-likeness (QED) is 0.0195. The van der Waals surface area contributed by atoms with Gasteiger partial charge in [0.05, 0.1) is 27.7 Å². The fraction of sp³-hybridized carbons (Fsp3) is 0.867. The molecule has 2 atom stereocenters. The molecule has 412 valence electrons. The van der Waals surface area contributed by atoms with Crippen molar-refractivity contribution < 1.29 is 42.1 Å². The minimum Gasteiger partial charge on any atom is -0.756 e. The lowest BCUT2D eigenvalue weighted by atomic mass is 10.0. The molecule has 2 unspecified atom stereocenters. The highest BCUT2D eigenvalue weighted by atomic mass is 31.2. The summed E-state index contributed by atoms with van der Waals surface area (Å²) in [5, 5.41) is 0. The van der Waals surface area contributed by atoms with Crippen molar-refractivity contribution in [3.05, 3.63) is 36.5 Å². The highest BCUT2D eigenvalue weighted by Gasteiger charge is 2.22. The molecule has 0 fully saturated rings. The fourth-order valence-electron chi connectivity index (χ4n) is 8.61. The van der Waals surface area contributed by atoms with Crippen LogP contribution in [0.1, 0.15) is 284 Å². The molecule has 0 saturated heterocycles. The second-order valence-corrected chi connectivity index (χ2v) is 22.8. The highest BCUT2D eigenvalue weighted by Crippen LogP contribution is 2.38. The van der Waals surface area contributed by atoms with E-state index in [0.29, 0.717) is 17.4 Å². The van der Waals surface area contributed by atoms with Gasteiger partial charge in [0.2, 0.25) is 0 Å². The van der Waals surface area contributed by atoms with Crippen LogP contribution < -0.4 is 4.89 Å². The van der Waals surface area contributed by atoms with Gasteiger partial charge < -0.3 is 27.9 Å². The topological polar surface area (TPSA) is 111 Å². The van der Waals surface area contributed by atoms with E-state index in [0.717, 1.165) is 70.6 Å². The highest BCUT2D eigenvalue weighted by molar-refractivity contribution is 7.45. The van der Waals surface area contributed by atoms with Gasteiger partial charge in [-0.05, 0) is 44.9 Å². The number of carbonyl (C=O) groups excluding carboxylic acids is 2. The average Bonchev–Trinajstić information content (AvgIpc) is 3.32. The van der Waals surface area contributed by atoms with Gasteiger partial charge >= 0.3 is 11.9 Å². The van der Waals surface area contributed by atoms with Crippen LogP contribution in [-0.4, -0.2) is 70.0 Å². The zero-order valence-corrected chi connectivity index (χ0v) is 47.6. The lowest BCUT2D eigenvalue weighted by molar-refractivity contribution is -0.870. The molecule has 0 aromatic heterocycles. The van der Waals surface area contributed by atoms with Crippen LogP contribution in [0.25, 0.3) is 0 Å². The summed E-state index contributed by atoms with van der Waals surface area (Å²) >= 11 is 0. The Hall–Kier alpha value is -1.77. The Morgan fingerprint density at radius 1 is 0.457 bits per heavy atom. The number of quaternary nitrogens is 1. The molecule has 0 aromatic carbocycles. The molecule has 0 aliphatic carbocycles. The second kappa shape index (κ2) is 52.1. The Bertz CT molecular complexity index is 1280. The summed E-state index contributed by atoms with van der Waals surface area (Å²) in [5.41, 5.74) is 0. The van der Waals surface area contributed by atoms with Crippen LogP contribution in [0.4, 0.5) is 0 Å². The molecule has 0 aliphatic rings. The van der Waals surface area contributed by atoms with Gasteiger partial charge in [-0.2, -0.15) is 0 Å². The van der Waals surface area contributed by atoms with E-state index in [-0.39, 0.29) is 32.0 Å². The number of hydrogen-bond acceptors (Lipinski definition) is 8. The summed E-state index contributed by atoms with van der Waals surface area (Å²) in [4.78, 5) is 37.8. The Morgan fingerprint density at radius 2 is 0.814 bits per heavy atom. The van der Waals surface area contributed by atoms with Crippen molar-refractivity contribution in [1.82, 2.24) is 0 Å². The van der Waals surface area contributed by atoms with Crippen LogP contribution in [0.2, 0.25) is 0 Å². The number of likely N-dealkylation sites (N-methyl/N-ethyl adjacent to an activating group) is 1. The molecule has 0 N–H and O–H groups in total. The fourth-order valence-corrected chi connectivity index (χ4v) is 9.34. The van der Waals surface area contributed by atoms with Crippen molar-refractivity contribution in [3.63, 3.8) is 0 Å². The number of rotatable bonds is 55. The van der Waals surface area contributed by atoms with Crippen molar-refractivity contribution in [1.29, 1.82) is 0 Å². The Labute approximate surface area is 433 Å². The minimum absolute atomic E-state index is 0.0335. The normalized spacial score (nSPS) is 13.5.